The van der Waals surface area contributed by atoms with E-state index in [0.717, 1.165) is 0 Å². The van der Waals surface area contributed by atoms with Gasteiger partial charge in [-0.25, -0.2) is 0 Å². The second kappa shape index (κ2) is 22.4. The van der Waals surface area contributed by atoms with E-state index in [4.69, 9.17) is 0 Å². The molecule has 0 spiro atoms. The molecular weight excluding hydrogens is 151 g/mol. The Morgan fingerprint density at radius 1 is 1.33 bits per heavy atom. The van der Waals surface area contributed by atoms with Crippen LogP contribution in [0.4, 0.5) is 4.39 Å². The van der Waals surface area contributed by atoms with Crippen molar-refractivity contribution in [2.24, 2.45) is 5.92 Å². The van der Waals surface area contributed by atoms with Gasteiger partial charge < -0.3 is 0 Å². The van der Waals surface area contributed by atoms with Crippen LogP contribution in [-0.4, -0.2) is 7.18 Å². The van der Waals surface area contributed by atoms with Crippen LogP contribution in [0.1, 0.15) is 34.1 Å². The van der Waals surface area contributed by atoms with Crippen molar-refractivity contribution in [3.63, 3.8) is 0 Å². The molecule has 0 radical (unpaired) electrons. The second-order valence-electron chi connectivity index (χ2n) is 2.01. The number of rotatable bonds is 3. The first-order valence-corrected chi connectivity index (χ1v) is 4.48. The Kier molecular flexibility index (Phi) is 32.7. The van der Waals surface area contributed by atoms with E-state index in [1.165, 1.54) is 6.42 Å². The highest BCUT2D eigenvalue weighted by Gasteiger charge is 1.86. The minimum Gasteiger partial charge on any atom is -0.255 e. The minimum atomic E-state index is 0.500. The van der Waals surface area contributed by atoms with Crippen molar-refractivity contribution < 1.29 is 4.39 Å². The number of allylic oxidation sites excluding steroid dienone is 3. The molecule has 1 atom stereocenters. The van der Waals surface area contributed by atoms with Gasteiger partial charge in [-0.1, -0.05) is 58.9 Å². The molecule has 0 saturated heterocycles. The maximum absolute atomic E-state index is 9.50. The first-order valence-electron chi connectivity index (χ1n) is 4.48. The van der Waals surface area contributed by atoms with Crippen LogP contribution >= 0.6 is 0 Å². The van der Waals surface area contributed by atoms with Crippen molar-refractivity contribution in [1.29, 1.82) is 0 Å². The third-order valence-corrected chi connectivity index (χ3v) is 1.22. The molecule has 0 unspecified atom stereocenters. The molecule has 0 bridgehead atoms. The van der Waals surface area contributed by atoms with E-state index in [-0.39, 0.29) is 0 Å². The van der Waals surface area contributed by atoms with Crippen molar-refractivity contribution in [3.05, 3.63) is 24.8 Å². The van der Waals surface area contributed by atoms with Gasteiger partial charge in [-0.2, -0.15) is 0 Å². The van der Waals surface area contributed by atoms with Crippen LogP contribution in [0.2, 0.25) is 0 Å². The summed E-state index contributed by atoms with van der Waals surface area (Å²) in [5.74, 6) is 0.702. The molecule has 0 rings (SSSR count). The topological polar surface area (TPSA) is 0 Å². The van der Waals surface area contributed by atoms with E-state index >= 15 is 0 Å². The maximum Gasteiger partial charge on any atom is 0.0785 e. The first-order chi connectivity index (χ1) is 5.81. The quantitative estimate of drug-likeness (QED) is 0.557. The molecule has 0 N–H and O–H groups in total. The summed E-state index contributed by atoms with van der Waals surface area (Å²) in [7, 11) is 0.500. The molecule has 12 heavy (non-hydrogen) atoms. The number of hydrogen-bond donors (Lipinski definition) is 0. The van der Waals surface area contributed by atoms with E-state index in [2.05, 4.69) is 26.5 Å². The van der Waals surface area contributed by atoms with Gasteiger partial charge in [0.1, 0.15) is 0 Å². The Hall–Kier alpha value is -0.590. The van der Waals surface area contributed by atoms with Crippen LogP contribution in [-0.2, 0) is 0 Å². The Bertz CT molecular complexity index is 85.0. The second-order valence-corrected chi connectivity index (χ2v) is 2.01. The standard InChI is InChI=1S/C8H14.C2H6.CH3F/c1-4-6-7-8(3)5-2;2*1-2/h4,6-8H,1,5H2,2-3H3;1-2H3;1H3/b7-6-;;/t8-;;/m1../s1. The molecule has 0 amide bonds. The van der Waals surface area contributed by atoms with Crippen molar-refractivity contribution in [2.45, 2.75) is 34.1 Å². The van der Waals surface area contributed by atoms with Crippen LogP contribution in [0, 0.1) is 5.92 Å². The molecule has 0 heterocycles. The highest BCUT2D eigenvalue weighted by atomic mass is 19.1. The summed E-state index contributed by atoms with van der Waals surface area (Å²) in [5.41, 5.74) is 0. The van der Waals surface area contributed by atoms with E-state index in [0.29, 0.717) is 13.1 Å². The van der Waals surface area contributed by atoms with Crippen molar-refractivity contribution in [3.8, 4) is 0 Å². The molecule has 0 aromatic carbocycles. The van der Waals surface area contributed by atoms with Gasteiger partial charge in [-0.3, -0.25) is 4.39 Å². The largest absolute Gasteiger partial charge is 0.255 e. The molecule has 74 valence electrons. The van der Waals surface area contributed by atoms with Crippen LogP contribution in [0.3, 0.4) is 0 Å². The predicted octanol–water partition coefficient (Wildman–Crippen LogP) is 4.39. The van der Waals surface area contributed by atoms with Gasteiger partial charge in [0.05, 0.1) is 7.18 Å². The summed E-state index contributed by atoms with van der Waals surface area (Å²) < 4.78 is 9.50. The van der Waals surface area contributed by atoms with Gasteiger partial charge in [0.25, 0.3) is 0 Å². The van der Waals surface area contributed by atoms with Gasteiger partial charge in [0.15, 0.2) is 0 Å². The fourth-order valence-electron chi connectivity index (χ4n) is 0.404. The predicted molar refractivity (Wildman–Crippen MR) is 57.2 cm³/mol. The third-order valence-electron chi connectivity index (χ3n) is 1.22. The summed E-state index contributed by atoms with van der Waals surface area (Å²) in [6.07, 6.45) is 7.18. The smallest absolute Gasteiger partial charge is 0.0785 e. The highest BCUT2D eigenvalue weighted by molar-refractivity contribution is 4.98. The summed E-state index contributed by atoms with van der Waals surface area (Å²) in [5, 5.41) is 0. The van der Waals surface area contributed by atoms with Gasteiger partial charge in [-0.05, 0) is 5.92 Å². The van der Waals surface area contributed by atoms with Gasteiger partial charge in [0.2, 0.25) is 0 Å². The molecule has 0 aliphatic heterocycles. The molecule has 1 heteroatoms. The van der Waals surface area contributed by atoms with E-state index in [1.54, 1.807) is 0 Å². The number of hydrogen-bond acceptors (Lipinski definition) is 0. The van der Waals surface area contributed by atoms with Gasteiger partial charge in [0, 0.05) is 0 Å². The fourth-order valence-corrected chi connectivity index (χ4v) is 0.404. The zero-order valence-electron chi connectivity index (χ0n) is 9.10. The highest BCUT2D eigenvalue weighted by Crippen LogP contribution is 2.00. The lowest BCUT2D eigenvalue weighted by atomic mass is 10.1. The lowest BCUT2D eigenvalue weighted by Gasteiger charge is -1.95. The molecule has 0 nitrogen and oxygen atoms in total. The third kappa shape index (κ3) is 22.7. The van der Waals surface area contributed by atoms with Crippen LogP contribution in [0.5, 0.6) is 0 Å². The van der Waals surface area contributed by atoms with E-state index in [1.807, 2.05) is 26.0 Å². The molecule has 0 saturated carbocycles. The monoisotopic (exact) mass is 174 g/mol. The van der Waals surface area contributed by atoms with Crippen molar-refractivity contribution in [1.82, 2.24) is 0 Å². The molecule has 0 fully saturated rings. The Labute approximate surface area is 77.2 Å². The van der Waals surface area contributed by atoms with Crippen LogP contribution in [0.25, 0.3) is 0 Å². The van der Waals surface area contributed by atoms with E-state index < -0.39 is 0 Å². The Balaban J connectivity index is -0.000000175. The lowest BCUT2D eigenvalue weighted by molar-refractivity contribution is 0.636. The average molecular weight is 174 g/mol. The zero-order valence-corrected chi connectivity index (χ0v) is 9.10. The number of alkyl halides is 1. The lowest BCUT2D eigenvalue weighted by Crippen LogP contribution is -1.82. The van der Waals surface area contributed by atoms with Crippen LogP contribution < -0.4 is 0 Å². The maximum atomic E-state index is 9.50. The summed E-state index contributed by atoms with van der Waals surface area (Å²) in [4.78, 5) is 0. The SMILES string of the molecule is C=C/C=C\[C@H](C)CC.CC.CF. The molecular formula is C11H23F. The summed E-state index contributed by atoms with van der Waals surface area (Å²) >= 11 is 0. The molecule has 0 aromatic rings. The van der Waals surface area contributed by atoms with Gasteiger partial charge in [-0.15, -0.1) is 0 Å². The molecule has 0 aliphatic carbocycles. The summed E-state index contributed by atoms with van der Waals surface area (Å²) in [6, 6.07) is 0. The van der Waals surface area contributed by atoms with Crippen molar-refractivity contribution >= 4 is 0 Å². The molecule has 0 aliphatic rings. The van der Waals surface area contributed by atoms with E-state index in [9.17, 15) is 4.39 Å². The van der Waals surface area contributed by atoms with Crippen LogP contribution in [0.15, 0.2) is 24.8 Å². The first kappa shape index (κ1) is 17.5. The van der Waals surface area contributed by atoms with Crippen molar-refractivity contribution in [2.75, 3.05) is 7.18 Å². The average Bonchev–Trinajstić information content (AvgIpc) is 2.20. The minimum absolute atomic E-state index is 0.500. The normalized spacial score (nSPS) is 10.5. The Morgan fingerprint density at radius 3 is 2.00 bits per heavy atom. The fraction of sp³-hybridized carbons (Fsp3) is 0.636. The Morgan fingerprint density at radius 2 is 1.75 bits per heavy atom. The number of halogens is 1. The zero-order chi connectivity index (χ0) is 10.4. The summed E-state index contributed by atoms with van der Waals surface area (Å²) in [6.45, 7) is 12.0. The molecule has 0 aromatic heterocycles. The van der Waals surface area contributed by atoms with Gasteiger partial charge >= 0.3 is 0 Å².